The number of anilines is 4. The molecule has 39 heavy (non-hydrogen) atoms. The van der Waals surface area contributed by atoms with Crippen LogP contribution in [0.25, 0.3) is 11.4 Å². The molecule has 9 heteroatoms. The lowest BCUT2D eigenvalue weighted by Crippen LogP contribution is -2.34. The highest BCUT2D eigenvalue weighted by Gasteiger charge is 2.14. The van der Waals surface area contributed by atoms with Gasteiger partial charge in [0.15, 0.2) is 12.4 Å². The zero-order chi connectivity index (χ0) is 28.2. The summed E-state index contributed by atoms with van der Waals surface area (Å²) in [4.78, 5) is 24.2. The quantitative estimate of drug-likeness (QED) is 0.145. The number of aromatic nitrogens is 2. The number of ether oxygens (including phenoxy) is 1. The molecule has 2 aromatic carbocycles. The molecule has 1 aromatic heterocycles. The lowest BCUT2D eigenvalue weighted by molar-refractivity contribution is -0.123. The summed E-state index contributed by atoms with van der Waals surface area (Å²) in [6.07, 6.45) is 5.55. The molecule has 0 radical (unpaired) electrons. The van der Waals surface area contributed by atoms with E-state index in [1.165, 1.54) is 6.21 Å². The number of rotatable bonds is 15. The third-order valence-corrected chi connectivity index (χ3v) is 6.03. The Balaban J connectivity index is 1.98. The highest BCUT2D eigenvalue weighted by Crippen LogP contribution is 2.28. The summed E-state index contributed by atoms with van der Waals surface area (Å²) >= 11 is 0. The van der Waals surface area contributed by atoms with Gasteiger partial charge in [-0.1, -0.05) is 38.8 Å². The molecule has 0 bridgehead atoms. The van der Waals surface area contributed by atoms with Crippen molar-refractivity contribution in [1.29, 1.82) is 5.41 Å². The second kappa shape index (κ2) is 14.7. The van der Waals surface area contributed by atoms with Crippen LogP contribution in [0.3, 0.4) is 0 Å². The van der Waals surface area contributed by atoms with E-state index in [4.69, 9.17) is 25.8 Å². The minimum absolute atomic E-state index is 0.0500. The number of nitrogen functional groups attached to an aromatic ring is 1. The maximum atomic E-state index is 12.1. The second-order valence-corrected chi connectivity index (χ2v) is 9.78. The number of amides is 1. The molecule has 0 atom stereocenters. The highest BCUT2D eigenvalue weighted by molar-refractivity contribution is 5.87. The fraction of sp³-hybridized carbons (Fsp3) is 0.400. The predicted octanol–water partition coefficient (Wildman–Crippen LogP) is 5.78. The number of nitrogens with zero attached hydrogens (tertiary/aromatic N) is 3. The fourth-order valence-corrected chi connectivity index (χ4v) is 3.99. The summed E-state index contributed by atoms with van der Waals surface area (Å²) in [5.74, 6) is 2.42. The summed E-state index contributed by atoms with van der Waals surface area (Å²) in [7, 11) is 0. The number of nitrogens with one attached hydrogen (secondary N) is 3. The van der Waals surface area contributed by atoms with Gasteiger partial charge in [0.1, 0.15) is 17.4 Å². The van der Waals surface area contributed by atoms with Crippen LogP contribution in [0.4, 0.5) is 23.0 Å². The van der Waals surface area contributed by atoms with E-state index in [1.807, 2.05) is 56.3 Å². The van der Waals surface area contributed by atoms with Gasteiger partial charge >= 0.3 is 0 Å². The van der Waals surface area contributed by atoms with Crippen molar-refractivity contribution in [3.8, 4) is 17.1 Å². The lowest BCUT2D eigenvalue weighted by atomic mass is 10.1. The first-order valence-corrected chi connectivity index (χ1v) is 13.7. The minimum atomic E-state index is -0.171. The molecule has 208 valence electrons. The molecule has 0 aliphatic heterocycles. The largest absolute Gasteiger partial charge is 0.484 e. The van der Waals surface area contributed by atoms with Crippen molar-refractivity contribution in [2.45, 2.75) is 59.4 Å². The van der Waals surface area contributed by atoms with E-state index in [2.05, 4.69) is 29.4 Å². The van der Waals surface area contributed by atoms with Gasteiger partial charge in [0.05, 0.1) is 0 Å². The zero-order valence-electron chi connectivity index (χ0n) is 23.5. The van der Waals surface area contributed by atoms with Crippen LogP contribution in [0.15, 0.2) is 48.5 Å². The normalized spacial score (nSPS) is 10.8. The van der Waals surface area contributed by atoms with Crippen LogP contribution in [-0.2, 0) is 4.79 Å². The second-order valence-electron chi connectivity index (χ2n) is 9.78. The molecule has 0 spiro atoms. The van der Waals surface area contributed by atoms with Gasteiger partial charge in [-0.25, -0.2) is 9.97 Å². The minimum Gasteiger partial charge on any atom is -0.484 e. The summed E-state index contributed by atoms with van der Waals surface area (Å²) in [5.41, 5.74) is 8.72. The van der Waals surface area contributed by atoms with E-state index in [9.17, 15) is 4.79 Å². The third kappa shape index (κ3) is 8.98. The molecule has 1 amide bonds. The van der Waals surface area contributed by atoms with Gasteiger partial charge in [-0.15, -0.1) is 0 Å². The number of benzene rings is 2. The Labute approximate surface area is 231 Å². The summed E-state index contributed by atoms with van der Waals surface area (Å²) in [5, 5.41) is 13.8. The summed E-state index contributed by atoms with van der Waals surface area (Å²) < 4.78 is 5.75. The Morgan fingerprint density at radius 3 is 2.49 bits per heavy atom. The van der Waals surface area contributed by atoms with Crippen LogP contribution in [0, 0.1) is 5.41 Å². The molecule has 0 aliphatic rings. The smallest absolute Gasteiger partial charge is 0.258 e. The Bertz CT molecular complexity index is 1240. The molecule has 0 aliphatic carbocycles. The van der Waals surface area contributed by atoms with Crippen molar-refractivity contribution in [2.24, 2.45) is 0 Å². The first-order chi connectivity index (χ1) is 18.8. The summed E-state index contributed by atoms with van der Waals surface area (Å²) in [6.45, 7) is 9.94. The van der Waals surface area contributed by atoms with Crippen molar-refractivity contribution in [3.05, 3.63) is 54.1 Å². The standard InChI is InChI=1S/C30H41N7O2/c1-5-7-14-37(15-8-6-2)28-18-27(34-24-12-13-26(32)23(16-24)19-31)35-30(36-28)22-10-9-11-25(17-22)39-20-29(38)33-21(3)4/h9-13,16-19,21,31H,5-8,14-15,20,32H2,1-4H3,(H,33,38)(H,34,35,36). The van der Waals surface area contributed by atoms with Gasteiger partial charge in [0, 0.05) is 53.9 Å². The van der Waals surface area contributed by atoms with E-state index in [0.29, 0.717) is 28.6 Å². The molecule has 1 heterocycles. The van der Waals surface area contributed by atoms with Crippen LogP contribution in [0.2, 0.25) is 0 Å². The molecule has 0 saturated heterocycles. The molecule has 9 nitrogen and oxygen atoms in total. The van der Waals surface area contributed by atoms with Crippen LogP contribution in [0.5, 0.6) is 5.75 Å². The van der Waals surface area contributed by atoms with Crippen LogP contribution < -0.4 is 26.0 Å². The molecule has 0 saturated carbocycles. The van der Waals surface area contributed by atoms with E-state index in [1.54, 1.807) is 6.07 Å². The Hall–Kier alpha value is -4.14. The molecule has 0 fully saturated rings. The van der Waals surface area contributed by atoms with Gasteiger partial charge in [-0.3, -0.25) is 4.79 Å². The van der Waals surface area contributed by atoms with E-state index in [-0.39, 0.29) is 18.6 Å². The van der Waals surface area contributed by atoms with Crippen molar-refractivity contribution >= 4 is 35.1 Å². The number of hydrogen-bond donors (Lipinski definition) is 4. The van der Waals surface area contributed by atoms with Crippen LogP contribution >= 0.6 is 0 Å². The number of nitrogens with two attached hydrogens (primary N) is 1. The number of carbonyl (C=O) groups excluding carboxylic acids is 1. The highest BCUT2D eigenvalue weighted by atomic mass is 16.5. The third-order valence-electron chi connectivity index (χ3n) is 6.03. The lowest BCUT2D eigenvalue weighted by Gasteiger charge is -2.24. The van der Waals surface area contributed by atoms with Gasteiger partial charge < -0.3 is 31.4 Å². The molecule has 3 aromatic rings. The Morgan fingerprint density at radius 2 is 1.82 bits per heavy atom. The van der Waals surface area contributed by atoms with Crippen LogP contribution in [0.1, 0.15) is 58.9 Å². The molecular formula is C30H41N7O2. The van der Waals surface area contributed by atoms with Crippen molar-refractivity contribution < 1.29 is 9.53 Å². The number of hydrogen-bond acceptors (Lipinski definition) is 8. The molecule has 0 unspecified atom stereocenters. The zero-order valence-corrected chi connectivity index (χ0v) is 23.5. The molecule has 5 N–H and O–H groups in total. The van der Waals surface area contributed by atoms with Crippen molar-refractivity contribution in [1.82, 2.24) is 15.3 Å². The average Bonchev–Trinajstić information content (AvgIpc) is 2.92. The Kier molecular flexibility index (Phi) is 11.1. The topological polar surface area (TPSA) is 129 Å². The predicted molar refractivity (Wildman–Crippen MR) is 160 cm³/mol. The maximum Gasteiger partial charge on any atom is 0.258 e. The van der Waals surface area contributed by atoms with Gasteiger partial charge in [-0.2, -0.15) is 0 Å². The van der Waals surface area contributed by atoms with Gasteiger partial charge in [0.25, 0.3) is 5.91 Å². The van der Waals surface area contributed by atoms with E-state index < -0.39 is 0 Å². The van der Waals surface area contributed by atoms with E-state index >= 15 is 0 Å². The average molecular weight is 532 g/mol. The monoisotopic (exact) mass is 531 g/mol. The Morgan fingerprint density at radius 1 is 1.08 bits per heavy atom. The maximum absolute atomic E-state index is 12.1. The van der Waals surface area contributed by atoms with Crippen molar-refractivity contribution in [2.75, 3.05) is 35.6 Å². The van der Waals surface area contributed by atoms with Crippen LogP contribution in [-0.4, -0.2) is 47.8 Å². The van der Waals surface area contributed by atoms with Gasteiger partial charge in [0.2, 0.25) is 0 Å². The molecular weight excluding hydrogens is 490 g/mol. The molecule has 3 rings (SSSR count). The fourth-order valence-electron chi connectivity index (χ4n) is 3.99. The SMILES string of the molecule is CCCCN(CCCC)c1cc(Nc2ccc(N)c(C=N)c2)nc(-c2cccc(OCC(=O)NC(C)C)c2)n1. The van der Waals surface area contributed by atoms with E-state index in [0.717, 1.165) is 55.8 Å². The first kappa shape index (κ1) is 29.4. The number of carbonyl (C=O) groups is 1. The first-order valence-electron chi connectivity index (χ1n) is 13.7. The van der Waals surface area contributed by atoms with Gasteiger partial charge in [-0.05, 0) is 57.0 Å². The summed E-state index contributed by atoms with van der Waals surface area (Å²) in [6, 6.07) is 15.0. The number of unbranched alkanes of at least 4 members (excludes halogenated alkanes) is 2. The van der Waals surface area contributed by atoms with Crippen molar-refractivity contribution in [3.63, 3.8) is 0 Å².